The fraction of sp³-hybridized carbons (Fsp3) is 0.200. The highest BCUT2D eigenvalue weighted by Gasteiger charge is 2.39. The molecule has 1 aromatic rings. The molecule has 0 fully saturated rings. The van der Waals surface area contributed by atoms with Crippen molar-refractivity contribution in [3.8, 4) is 0 Å². The Kier molecular flexibility index (Phi) is 3.14. The molecule has 0 saturated heterocycles. The normalized spacial score (nSPS) is 13.9. The van der Waals surface area contributed by atoms with Crippen LogP contribution in [0.5, 0.6) is 0 Å². The van der Waals surface area contributed by atoms with Crippen molar-refractivity contribution in [3.05, 3.63) is 35.4 Å². The monoisotopic (exact) mass is 224 g/mol. The molecule has 0 aliphatic rings. The summed E-state index contributed by atoms with van der Waals surface area (Å²) in [5.74, 6) is -1.60. The molecule has 5 N–H and O–H groups in total. The smallest absolute Gasteiger partial charge is 0.362 e. The van der Waals surface area contributed by atoms with Gasteiger partial charge < -0.3 is 15.9 Å². The van der Waals surface area contributed by atoms with E-state index in [1.165, 1.54) is 12.1 Å². The quantitative estimate of drug-likeness (QED) is 0.536. The maximum atomic E-state index is 10.9. The summed E-state index contributed by atoms with van der Waals surface area (Å²) < 4.78 is 0. The van der Waals surface area contributed by atoms with Crippen molar-refractivity contribution >= 4 is 12.0 Å². The Morgan fingerprint density at radius 2 is 2.06 bits per heavy atom. The number of aliphatic carboxylic acids is 1. The molecule has 0 radical (unpaired) electrons. The van der Waals surface area contributed by atoms with Crippen LogP contribution in [0.4, 0.5) is 4.79 Å². The van der Waals surface area contributed by atoms with E-state index in [0.29, 0.717) is 0 Å². The van der Waals surface area contributed by atoms with Crippen LogP contribution in [0, 0.1) is 6.92 Å². The standard InChI is InChI=1S/C10H12N2O4/c1-6-3-2-4-7(5-6)10(16,8(13)14)12-9(11)15/h2-5,16H,1H3,(H,13,14)(H3,11,12,15). The lowest BCUT2D eigenvalue weighted by molar-refractivity contribution is -0.162. The average Bonchev–Trinajstić information content (AvgIpc) is 2.16. The SMILES string of the molecule is Cc1cccc(C(O)(NC(N)=O)C(=O)O)c1. The Bertz CT molecular complexity index is 433. The van der Waals surface area contributed by atoms with Crippen molar-refractivity contribution < 1.29 is 19.8 Å². The highest BCUT2D eigenvalue weighted by Crippen LogP contribution is 2.19. The van der Waals surface area contributed by atoms with Crippen LogP contribution in [0.25, 0.3) is 0 Å². The van der Waals surface area contributed by atoms with E-state index >= 15 is 0 Å². The number of urea groups is 1. The van der Waals surface area contributed by atoms with E-state index in [9.17, 15) is 14.7 Å². The number of carboxylic acids is 1. The van der Waals surface area contributed by atoms with E-state index < -0.39 is 17.7 Å². The van der Waals surface area contributed by atoms with Gasteiger partial charge in [0, 0.05) is 5.56 Å². The number of nitrogens with two attached hydrogens (primary N) is 1. The zero-order chi connectivity index (χ0) is 12.3. The molecule has 16 heavy (non-hydrogen) atoms. The zero-order valence-corrected chi connectivity index (χ0v) is 8.60. The van der Waals surface area contributed by atoms with E-state index in [2.05, 4.69) is 0 Å². The lowest BCUT2D eigenvalue weighted by Gasteiger charge is -2.24. The number of nitrogens with one attached hydrogen (secondary N) is 1. The Balaban J connectivity index is 3.21. The number of carbonyl (C=O) groups excluding carboxylic acids is 1. The Hall–Kier alpha value is -2.08. The van der Waals surface area contributed by atoms with Gasteiger partial charge in [-0.1, -0.05) is 29.8 Å². The molecule has 1 rings (SSSR count). The zero-order valence-electron chi connectivity index (χ0n) is 8.60. The fourth-order valence-corrected chi connectivity index (χ4v) is 1.30. The van der Waals surface area contributed by atoms with Gasteiger partial charge in [0.25, 0.3) is 5.72 Å². The number of carbonyl (C=O) groups is 2. The first-order chi connectivity index (χ1) is 7.36. The first kappa shape index (κ1) is 12.0. The van der Waals surface area contributed by atoms with Gasteiger partial charge in [-0.25, -0.2) is 9.59 Å². The molecule has 0 aromatic heterocycles. The molecule has 0 saturated carbocycles. The minimum absolute atomic E-state index is 0.0406. The fourth-order valence-electron chi connectivity index (χ4n) is 1.30. The number of hydrogen-bond donors (Lipinski definition) is 4. The highest BCUT2D eigenvalue weighted by molar-refractivity contribution is 5.85. The lowest BCUT2D eigenvalue weighted by Crippen LogP contribution is -2.53. The number of primary amides is 1. The van der Waals surface area contributed by atoms with Crippen molar-refractivity contribution in [1.82, 2.24) is 5.32 Å². The summed E-state index contributed by atoms with van der Waals surface area (Å²) in [6.07, 6.45) is 0. The molecule has 1 atom stereocenters. The van der Waals surface area contributed by atoms with E-state index in [1.54, 1.807) is 24.4 Å². The second kappa shape index (κ2) is 4.19. The van der Waals surface area contributed by atoms with Crippen molar-refractivity contribution in [3.63, 3.8) is 0 Å². The Morgan fingerprint density at radius 3 is 2.50 bits per heavy atom. The van der Waals surface area contributed by atoms with Gasteiger partial charge in [0.2, 0.25) is 0 Å². The molecule has 1 unspecified atom stereocenters. The summed E-state index contributed by atoms with van der Waals surface area (Å²) in [4.78, 5) is 21.6. The summed E-state index contributed by atoms with van der Waals surface area (Å²) in [7, 11) is 0. The third-order valence-electron chi connectivity index (χ3n) is 2.05. The van der Waals surface area contributed by atoms with Gasteiger partial charge in [0.15, 0.2) is 0 Å². The average molecular weight is 224 g/mol. The molecule has 0 aliphatic heterocycles. The minimum Gasteiger partial charge on any atom is -0.477 e. The van der Waals surface area contributed by atoms with Gasteiger partial charge in [-0.2, -0.15) is 0 Å². The Labute approximate surface area is 91.7 Å². The Morgan fingerprint density at radius 1 is 1.44 bits per heavy atom. The number of carboxylic acid groups (broad SMARTS) is 1. The summed E-state index contributed by atoms with van der Waals surface area (Å²) in [5, 5.41) is 20.5. The molecule has 0 spiro atoms. The van der Waals surface area contributed by atoms with Gasteiger partial charge in [-0.15, -0.1) is 0 Å². The van der Waals surface area contributed by atoms with Crippen LogP contribution < -0.4 is 11.1 Å². The number of aryl methyl sites for hydroxylation is 1. The van der Waals surface area contributed by atoms with E-state index in [1.807, 2.05) is 0 Å². The van der Waals surface area contributed by atoms with Gasteiger partial charge in [-0.05, 0) is 6.92 Å². The molecule has 2 amide bonds. The molecular weight excluding hydrogens is 212 g/mol. The summed E-state index contributed by atoms with van der Waals surface area (Å²) in [5.41, 5.74) is 3.11. The third-order valence-corrected chi connectivity index (χ3v) is 2.05. The summed E-state index contributed by atoms with van der Waals surface area (Å²) in [6.45, 7) is 1.73. The molecule has 0 heterocycles. The second-order valence-electron chi connectivity index (χ2n) is 3.37. The number of rotatable bonds is 3. The van der Waals surface area contributed by atoms with E-state index in [0.717, 1.165) is 5.56 Å². The van der Waals surface area contributed by atoms with Crippen LogP contribution in [0.2, 0.25) is 0 Å². The van der Waals surface area contributed by atoms with Gasteiger partial charge in [-0.3, -0.25) is 5.32 Å². The first-order valence-corrected chi connectivity index (χ1v) is 4.47. The van der Waals surface area contributed by atoms with Crippen LogP contribution in [0.15, 0.2) is 24.3 Å². The number of amides is 2. The third kappa shape index (κ3) is 2.29. The number of aliphatic hydroxyl groups is 1. The van der Waals surface area contributed by atoms with Gasteiger partial charge in [0.1, 0.15) is 0 Å². The van der Waals surface area contributed by atoms with E-state index in [-0.39, 0.29) is 5.56 Å². The molecule has 86 valence electrons. The maximum absolute atomic E-state index is 10.9. The van der Waals surface area contributed by atoms with Crippen molar-refractivity contribution in [2.75, 3.05) is 0 Å². The lowest BCUT2D eigenvalue weighted by atomic mass is 10.0. The summed E-state index contributed by atoms with van der Waals surface area (Å²) >= 11 is 0. The number of hydrogen-bond acceptors (Lipinski definition) is 3. The maximum Gasteiger partial charge on any atom is 0.362 e. The number of benzene rings is 1. The van der Waals surface area contributed by atoms with E-state index in [4.69, 9.17) is 10.8 Å². The van der Waals surface area contributed by atoms with Crippen LogP contribution in [0.1, 0.15) is 11.1 Å². The second-order valence-corrected chi connectivity index (χ2v) is 3.37. The molecule has 6 heteroatoms. The van der Waals surface area contributed by atoms with Gasteiger partial charge in [0.05, 0.1) is 0 Å². The topological polar surface area (TPSA) is 113 Å². The van der Waals surface area contributed by atoms with Crippen molar-refractivity contribution in [2.45, 2.75) is 12.6 Å². The van der Waals surface area contributed by atoms with Gasteiger partial charge >= 0.3 is 12.0 Å². The molecule has 1 aromatic carbocycles. The molecule has 0 aliphatic carbocycles. The van der Waals surface area contributed by atoms with Crippen LogP contribution in [0.3, 0.4) is 0 Å². The summed E-state index contributed by atoms with van der Waals surface area (Å²) in [6, 6.07) is 5.02. The van der Waals surface area contributed by atoms with Crippen molar-refractivity contribution in [1.29, 1.82) is 0 Å². The molecule has 0 bridgehead atoms. The largest absolute Gasteiger partial charge is 0.477 e. The van der Waals surface area contributed by atoms with Crippen molar-refractivity contribution in [2.24, 2.45) is 5.73 Å². The predicted octanol–water partition coefficient (Wildman–Crippen LogP) is -0.107. The molecule has 6 nitrogen and oxygen atoms in total. The first-order valence-electron chi connectivity index (χ1n) is 4.47. The molecular formula is C10H12N2O4. The highest BCUT2D eigenvalue weighted by atomic mass is 16.4. The minimum atomic E-state index is -2.50. The predicted molar refractivity (Wildman–Crippen MR) is 55.4 cm³/mol. The van der Waals surface area contributed by atoms with Crippen LogP contribution in [-0.4, -0.2) is 22.2 Å². The van der Waals surface area contributed by atoms with Crippen LogP contribution >= 0.6 is 0 Å². The van der Waals surface area contributed by atoms with Crippen LogP contribution in [-0.2, 0) is 10.5 Å².